The van der Waals surface area contributed by atoms with Crippen molar-refractivity contribution < 1.29 is 23.5 Å². The normalized spacial score (nSPS) is 19.0. The van der Waals surface area contributed by atoms with E-state index in [1.807, 2.05) is 11.4 Å². The maximum absolute atomic E-state index is 13.2. The number of aliphatic hydroxyl groups is 1. The molecule has 1 aromatic carbocycles. The van der Waals surface area contributed by atoms with E-state index < -0.39 is 23.5 Å². The van der Waals surface area contributed by atoms with Crippen molar-refractivity contribution in [2.45, 2.75) is 12.6 Å². The van der Waals surface area contributed by atoms with Crippen LogP contribution in [0, 0.1) is 5.82 Å². The fraction of sp³-hybridized carbons (Fsp3) is 0.100. The van der Waals surface area contributed by atoms with E-state index in [9.17, 15) is 19.1 Å². The van der Waals surface area contributed by atoms with Gasteiger partial charge in [-0.05, 0) is 47.8 Å². The second kappa shape index (κ2) is 6.85. The molecule has 1 amide bonds. The summed E-state index contributed by atoms with van der Waals surface area (Å²) in [5, 5.41) is 12.6. The van der Waals surface area contributed by atoms with Crippen LogP contribution in [-0.2, 0) is 16.1 Å². The van der Waals surface area contributed by atoms with Crippen molar-refractivity contribution in [3.8, 4) is 0 Å². The van der Waals surface area contributed by atoms with Crippen LogP contribution in [0.25, 0.3) is 5.76 Å². The summed E-state index contributed by atoms with van der Waals surface area (Å²) in [5.41, 5.74) is 0.259. The lowest BCUT2D eigenvalue weighted by atomic mass is 10.00. The van der Waals surface area contributed by atoms with E-state index in [1.165, 1.54) is 46.8 Å². The Bertz CT molecular complexity index is 1010. The minimum absolute atomic E-state index is 0.0133. The summed E-state index contributed by atoms with van der Waals surface area (Å²) >= 11 is 1.38. The molecule has 3 aromatic rings. The Morgan fingerprint density at radius 1 is 1.15 bits per heavy atom. The number of Topliss-reactive ketones (excluding diaryl/α,β-unsaturated/α-hetero) is 1. The monoisotopic (exact) mass is 383 g/mol. The molecule has 5 nitrogen and oxygen atoms in total. The van der Waals surface area contributed by atoms with Crippen molar-refractivity contribution in [1.29, 1.82) is 0 Å². The summed E-state index contributed by atoms with van der Waals surface area (Å²) < 4.78 is 18.5. The second-order valence-electron chi connectivity index (χ2n) is 6.03. The Hall–Kier alpha value is -3.19. The fourth-order valence-electron chi connectivity index (χ4n) is 3.12. The van der Waals surface area contributed by atoms with E-state index in [-0.39, 0.29) is 23.4 Å². The highest BCUT2D eigenvalue weighted by Crippen LogP contribution is 2.41. The van der Waals surface area contributed by atoms with Gasteiger partial charge in [0.15, 0.2) is 0 Å². The standard InChI is InChI=1S/C20H14FNO4S/c21-13-7-5-12(6-8-13)18(23)16-17(15-4-2-10-27-15)22(20(25)19(16)24)11-14-3-1-9-26-14/h1-10,17,23H,11H2/t17-/m1/s1. The van der Waals surface area contributed by atoms with Gasteiger partial charge < -0.3 is 14.4 Å². The molecule has 0 bridgehead atoms. The molecule has 27 heavy (non-hydrogen) atoms. The molecule has 3 heterocycles. The highest BCUT2D eigenvalue weighted by molar-refractivity contribution is 7.10. The van der Waals surface area contributed by atoms with Crippen molar-refractivity contribution in [2.75, 3.05) is 0 Å². The van der Waals surface area contributed by atoms with Crippen LogP contribution in [0.5, 0.6) is 0 Å². The van der Waals surface area contributed by atoms with Crippen LogP contribution in [0.3, 0.4) is 0 Å². The van der Waals surface area contributed by atoms with Gasteiger partial charge in [0, 0.05) is 10.4 Å². The van der Waals surface area contributed by atoms with Crippen molar-refractivity contribution >= 4 is 28.8 Å². The first-order valence-electron chi connectivity index (χ1n) is 8.16. The average molecular weight is 383 g/mol. The highest BCUT2D eigenvalue weighted by Gasteiger charge is 2.46. The lowest BCUT2D eigenvalue weighted by molar-refractivity contribution is -0.140. The van der Waals surface area contributed by atoms with Crippen LogP contribution in [-0.4, -0.2) is 21.7 Å². The third kappa shape index (κ3) is 3.06. The number of benzene rings is 1. The Morgan fingerprint density at radius 3 is 2.56 bits per heavy atom. The summed E-state index contributed by atoms with van der Waals surface area (Å²) in [7, 11) is 0. The molecule has 0 spiro atoms. The van der Waals surface area contributed by atoms with Crippen molar-refractivity contribution in [1.82, 2.24) is 4.90 Å². The summed E-state index contributed by atoms with van der Waals surface area (Å²) in [6.07, 6.45) is 1.49. The van der Waals surface area contributed by atoms with Gasteiger partial charge in [0.2, 0.25) is 0 Å². The van der Waals surface area contributed by atoms with Crippen LogP contribution >= 0.6 is 11.3 Å². The van der Waals surface area contributed by atoms with E-state index in [0.717, 1.165) is 4.88 Å². The molecular formula is C20H14FNO4S. The van der Waals surface area contributed by atoms with Gasteiger partial charge in [0.1, 0.15) is 23.4 Å². The molecule has 4 rings (SSSR count). The maximum atomic E-state index is 13.2. The number of halogens is 1. The number of furan rings is 1. The van der Waals surface area contributed by atoms with E-state index in [2.05, 4.69) is 0 Å². The number of carbonyl (C=O) groups is 2. The zero-order chi connectivity index (χ0) is 19.0. The minimum Gasteiger partial charge on any atom is -0.507 e. The van der Waals surface area contributed by atoms with Crippen LogP contribution < -0.4 is 0 Å². The number of nitrogens with zero attached hydrogens (tertiary/aromatic N) is 1. The topological polar surface area (TPSA) is 70.8 Å². The number of thiophene rings is 1. The van der Waals surface area contributed by atoms with E-state index in [4.69, 9.17) is 4.42 Å². The van der Waals surface area contributed by atoms with Gasteiger partial charge >= 0.3 is 0 Å². The first-order valence-corrected chi connectivity index (χ1v) is 9.04. The number of amides is 1. The quantitative estimate of drug-likeness (QED) is 0.418. The first-order chi connectivity index (χ1) is 13.1. The molecule has 1 fully saturated rings. The number of rotatable bonds is 4. The lowest BCUT2D eigenvalue weighted by Gasteiger charge is -2.23. The van der Waals surface area contributed by atoms with Crippen molar-refractivity contribution in [2.24, 2.45) is 0 Å². The Kier molecular flexibility index (Phi) is 4.37. The summed E-state index contributed by atoms with van der Waals surface area (Å²) in [4.78, 5) is 27.5. The van der Waals surface area contributed by atoms with Crippen molar-refractivity contribution in [3.63, 3.8) is 0 Å². The smallest absolute Gasteiger partial charge is 0.296 e. The molecule has 1 aliphatic rings. The largest absolute Gasteiger partial charge is 0.507 e. The van der Waals surface area contributed by atoms with Crippen molar-refractivity contribution in [3.05, 3.63) is 87.8 Å². The molecule has 2 aromatic heterocycles. The number of aliphatic hydroxyl groups excluding tert-OH is 1. The van der Waals surface area contributed by atoms with Crippen LogP contribution in [0.2, 0.25) is 0 Å². The van der Waals surface area contributed by atoms with Crippen LogP contribution in [0.15, 0.2) is 70.2 Å². The molecule has 136 valence electrons. The molecule has 0 aliphatic carbocycles. The number of carbonyl (C=O) groups excluding carboxylic acids is 2. The summed E-state index contributed by atoms with van der Waals surface area (Å²) in [5.74, 6) is -1.75. The zero-order valence-electron chi connectivity index (χ0n) is 14.0. The predicted molar refractivity (Wildman–Crippen MR) is 97.3 cm³/mol. The summed E-state index contributed by atoms with van der Waals surface area (Å²) in [6, 6.07) is 11.4. The molecule has 1 saturated heterocycles. The number of ketones is 1. The fourth-order valence-corrected chi connectivity index (χ4v) is 3.96. The molecule has 0 unspecified atom stereocenters. The predicted octanol–water partition coefficient (Wildman–Crippen LogP) is 4.10. The Labute approximate surface area is 158 Å². The lowest BCUT2D eigenvalue weighted by Crippen LogP contribution is -2.28. The van der Waals surface area contributed by atoms with E-state index >= 15 is 0 Å². The minimum atomic E-state index is -0.776. The summed E-state index contributed by atoms with van der Waals surface area (Å²) in [6.45, 7) is 0.0976. The van der Waals surface area contributed by atoms with Crippen LogP contribution in [0.1, 0.15) is 22.2 Å². The molecular weight excluding hydrogens is 369 g/mol. The first kappa shape index (κ1) is 17.2. The van der Waals surface area contributed by atoms with E-state index in [0.29, 0.717) is 5.76 Å². The third-order valence-corrected chi connectivity index (χ3v) is 5.30. The van der Waals surface area contributed by atoms with Gasteiger partial charge in [-0.25, -0.2) is 4.39 Å². The number of hydrogen-bond acceptors (Lipinski definition) is 5. The molecule has 1 N–H and O–H groups in total. The maximum Gasteiger partial charge on any atom is 0.296 e. The zero-order valence-corrected chi connectivity index (χ0v) is 14.8. The van der Waals surface area contributed by atoms with E-state index in [1.54, 1.807) is 18.2 Å². The second-order valence-corrected chi connectivity index (χ2v) is 7.01. The number of likely N-dealkylation sites (tertiary alicyclic amines) is 1. The van der Waals surface area contributed by atoms with Gasteiger partial charge in [-0.3, -0.25) is 9.59 Å². The molecule has 0 saturated carbocycles. The average Bonchev–Trinajstić information content (AvgIpc) is 3.40. The molecule has 1 aliphatic heterocycles. The Morgan fingerprint density at radius 2 is 1.93 bits per heavy atom. The van der Waals surface area contributed by atoms with Gasteiger partial charge in [-0.1, -0.05) is 6.07 Å². The van der Waals surface area contributed by atoms with Gasteiger partial charge in [0.05, 0.1) is 18.4 Å². The van der Waals surface area contributed by atoms with Gasteiger partial charge in [-0.15, -0.1) is 11.3 Å². The van der Waals surface area contributed by atoms with Gasteiger partial charge in [0.25, 0.3) is 11.7 Å². The van der Waals surface area contributed by atoms with Crippen LogP contribution in [0.4, 0.5) is 4.39 Å². The Balaban J connectivity index is 1.83. The third-order valence-electron chi connectivity index (χ3n) is 4.38. The van der Waals surface area contributed by atoms with Gasteiger partial charge in [-0.2, -0.15) is 0 Å². The molecule has 1 atom stereocenters. The molecule has 7 heteroatoms. The molecule has 0 radical (unpaired) electrons. The SMILES string of the molecule is O=C1C(=O)N(Cc2ccco2)[C@H](c2cccs2)C1=C(O)c1ccc(F)cc1. The number of hydrogen-bond donors (Lipinski definition) is 1. The highest BCUT2D eigenvalue weighted by atomic mass is 32.1.